The van der Waals surface area contributed by atoms with Crippen LogP contribution < -0.4 is 16.0 Å². The number of nitrogens with one attached hydrogen (secondary N) is 3. The fourth-order valence-electron chi connectivity index (χ4n) is 1.89. The lowest BCUT2D eigenvalue weighted by Gasteiger charge is -2.09. The first-order chi connectivity index (χ1) is 11.4. The molecule has 126 valence electrons. The molecule has 24 heavy (non-hydrogen) atoms. The minimum atomic E-state index is -0.417. The summed E-state index contributed by atoms with van der Waals surface area (Å²) in [5.74, 6) is -0.362. The number of carbonyl (C=O) groups is 2. The van der Waals surface area contributed by atoms with E-state index >= 15 is 0 Å². The Balaban J connectivity index is 1.73. The molecule has 2 aromatic carbocycles. The van der Waals surface area contributed by atoms with Gasteiger partial charge in [-0.25, -0.2) is 4.79 Å². The van der Waals surface area contributed by atoms with Crippen LogP contribution in [-0.4, -0.2) is 18.5 Å². The van der Waals surface area contributed by atoms with Gasteiger partial charge >= 0.3 is 6.03 Å². The Bertz CT molecular complexity index is 733. The molecule has 0 aliphatic heterocycles. The molecular weight excluding hydrogens is 349 g/mol. The van der Waals surface area contributed by atoms with E-state index in [1.807, 2.05) is 31.2 Å². The van der Waals surface area contributed by atoms with Gasteiger partial charge in [0.05, 0.1) is 16.6 Å². The fraction of sp³-hybridized carbons (Fsp3) is 0.176. The maximum atomic E-state index is 11.8. The van der Waals surface area contributed by atoms with E-state index < -0.39 is 6.03 Å². The van der Waals surface area contributed by atoms with Crippen molar-refractivity contribution in [1.82, 2.24) is 10.6 Å². The van der Waals surface area contributed by atoms with Crippen molar-refractivity contribution in [1.29, 1.82) is 0 Å². The number of carbonyl (C=O) groups excluding carboxylic acids is 2. The molecule has 0 saturated carbocycles. The Morgan fingerprint density at radius 1 is 0.958 bits per heavy atom. The van der Waals surface area contributed by atoms with E-state index in [2.05, 4.69) is 16.0 Å². The second-order valence-corrected chi connectivity index (χ2v) is 6.01. The third kappa shape index (κ3) is 5.76. The van der Waals surface area contributed by atoms with Gasteiger partial charge in [-0.2, -0.15) is 0 Å². The number of benzene rings is 2. The van der Waals surface area contributed by atoms with Crippen LogP contribution in [0.1, 0.15) is 11.1 Å². The monoisotopic (exact) mass is 365 g/mol. The van der Waals surface area contributed by atoms with E-state index in [0.29, 0.717) is 22.3 Å². The molecule has 0 atom stereocenters. The summed E-state index contributed by atoms with van der Waals surface area (Å²) in [6, 6.07) is 12.2. The van der Waals surface area contributed by atoms with Crippen LogP contribution in [0, 0.1) is 6.92 Å². The first-order valence-electron chi connectivity index (χ1n) is 7.26. The van der Waals surface area contributed by atoms with Gasteiger partial charge in [-0.1, -0.05) is 53.0 Å². The van der Waals surface area contributed by atoms with Crippen molar-refractivity contribution >= 4 is 40.8 Å². The molecule has 0 bridgehead atoms. The van der Waals surface area contributed by atoms with Gasteiger partial charge in [-0.3, -0.25) is 4.79 Å². The molecule has 0 fully saturated rings. The molecule has 7 heteroatoms. The normalized spacial score (nSPS) is 10.1. The zero-order valence-electron chi connectivity index (χ0n) is 13.0. The maximum Gasteiger partial charge on any atom is 0.315 e. The van der Waals surface area contributed by atoms with E-state index in [1.54, 1.807) is 18.2 Å². The smallest absolute Gasteiger partial charge is 0.315 e. The number of aryl methyl sites for hydroxylation is 1. The van der Waals surface area contributed by atoms with Crippen molar-refractivity contribution in [3.8, 4) is 0 Å². The van der Waals surface area contributed by atoms with E-state index in [4.69, 9.17) is 23.2 Å². The predicted octanol–water partition coefficient (Wildman–Crippen LogP) is 3.74. The lowest BCUT2D eigenvalue weighted by Crippen LogP contribution is -2.39. The topological polar surface area (TPSA) is 70.2 Å². The van der Waals surface area contributed by atoms with Gasteiger partial charge in [-0.05, 0) is 30.7 Å². The quantitative estimate of drug-likeness (QED) is 0.755. The second kappa shape index (κ2) is 8.57. The SMILES string of the molecule is Cc1ccc(CNC(=O)NCC(=O)Nc2ccc(Cl)c(Cl)c2)cc1. The molecule has 0 spiro atoms. The lowest BCUT2D eigenvalue weighted by molar-refractivity contribution is -0.115. The highest BCUT2D eigenvalue weighted by Gasteiger charge is 2.07. The minimum Gasteiger partial charge on any atom is -0.334 e. The summed E-state index contributed by atoms with van der Waals surface area (Å²) in [5.41, 5.74) is 2.65. The average molecular weight is 366 g/mol. The zero-order valence-corrected chi connectivity index (χ0v) is 14.5. The largest absolute Gasteiger partial charge is 0.334 e. The van der Waals surface area contributed by atoms with Crippen LogP contribution in [0.5, 0.6) is 0 Å². The van der Waals surface area contributed by atoms with E-state index in [0.717, 1.165) is 11.1 Å². The van der Waals surface area contributed by atoms with Crippen molar-refractivity contribution in [2.75, 3.05) is 11.9 Å². The van der Waals surface area contributed by atoms with Gasteiger partial charge in [-0.15, -0.1) is 0 Å². The van der Waals surface area contributed by atoms with E-state index in [1.165, 1.54) is 0 Å². The Labute approximate surface area is 150 Å². The number of amides is 3. The molecule has 0 unspecified atom stereocenters. The van der Waals surface area contributed by atoms with Crippen LogP contribution in [0.2, 0.25) is 10.0 Å². The van der Waals surface area contributed by atoms with Gasteiger partial charge < -0.3 is 16.0 Å². The van der Waals surface area contributed by atoms with Crippen LogP contribution in [0.25, 0.3) is 0 Å². The number of halogens is 2. The number of anilines is 1. The number of hydrogen-bond acceptors (Lipinski definition) is 2. The maximum absolute atomic E-state index is 11.8. The molecule has 0 radical (unpaired) electrons. The Kier molecular flexibility index (Phi) is 6.46. The molecule has 2 rings (SSSR count). The lowest BCUT2D eigenvalue weighted by atomic mass is 10.1. The average Bonchev–Trinajstić information content (AvgIpc) is 2.56. The highest BCUT2D eigenvalue weighted by atomic mass is 35.5. The number of urea groups is 1. The first-order valence-corrected chi connectivity index (χ1v) is 8.02. The molecule has 0 heterocycles. The summed E-state index contributed by atoms with van der Waals surface area (Å²) in [6.07, 6.45) is 0. The number of hydrogen-bond donors (Lipinski definition) is 3. The third-order valence-corrected chi connectivity index (χ3v) is 3.93. The fourth-order valence-corrected chi connectivity index (χ4v) is 2.19. The van der Waals surface area contributed by atoms with E-state index in [-0.39, 0.29) is 12.5 Å². The molecule has 3 amide bonds. The van der Waals surface area contributed by atoms with Crippen LogP contribution in [0.15, 0.2) is 42.5 Å². The van der Waals surface area contributed by atoms with Gasteiger partial charge in [0, 0.05) is 12.2 Å². The molecule has 0 aliphatic carbocycles. The minimum absolute atomic E-state index is 0.153. The molecule has 5 nitrogen and oxygen atoms in total. The van der Waals surface area contributed by atoms with Gasteiger partial charge in [0.25, 0.3) is 0 Å². The summed E-state index contributed by atoms with van der Waals surface area (Å²) in [5, 5.41) is 8.55. The van der Waals surface area contributed by atoms with Crippen LogP contribution in [0.4, 0.5) is 10.5 Å². The van der Waals surface area contributed by atoms with Gasteiger partial charge in [0.15, 0.2) is 0 Å². The summed E-state index contributed by atoms with van der Waals surface area (Å²) >= 11 is 11.7. The van der Waals surface area contributed by atoms with Crippen molar-refractivity contribution in [2.45, 2.75) is 13.5 Å². The molecule has 0 saturated heterocycles. The van der Waals surface area contributed by atoms with Crippen molar-refractivity contribution < 1.29 is 9.59 Å². The standard InChI is InChI=1S/C17H17Cl2N3O2/c1-11-2-4-12(5-3-11)9-20-17(24)21-10-16(23)22-13-6-7-14(18)15(19)8-13/h2-8H,9-10H2,1H3,(H,22,23)(H2,20,21,24). The van der Waals surface area contributed by atoms with Crippen LogP contribution in [-0.2, 0) is 11.3 Å². The Morgan fingerprint density at radius 2 is 1.67 bits per heavy atom. The molecule has 3 N–H and O–H groups in total. The number of rotatable bonds is 5. The van der Waals surface area contributed by atoms with Crippen LogP contribution >= 0.6 is 23.2 Å². The van der Waals surface area contributed by atoms with Crippen molar-refractivity contribution in [3.63, 3.8) is 0 Å². The van der Waals surface area contributed by atoms with E-state index in [9.17, 15) is 9.59 Å². The second-order valence-electron chi connectivity index (χ2n) is 5.20. The Hall–Kier alpha value is -2.24. The molecular formula is C17H17Cl2N3O2. The van der Waals surface area contributed by atoms with Gasteiger partial charge in [0.1, 0.15) is 0 Å². The summed E-state index contributed by atoms with van der Waals surface area (Å²) < 4.78 is 0. The molecule has 2 aromatic rings. The highest BCUT2D eigenvalue weighted by Crippen LogP contribution is 2.24. The highest BCUT2D eigenvalue weighted by molar-refractivity contribution is 6.42. The first kappa shape index (κ1) is 18.1. The summed E-state index contributed by atoms with van der Waals surface area (Å²) in [6.45, 7) is 2.23. The third-order valence-electron chi connectivity index (χ3n) is 3.19. The van der Waals surface area contributed by atoms with Crippen LogP contribution in [0.3, 0.4) is 0 Å². The van der Waals surface area contributed by atoms with Crippen molar-refractivity contribution in [3.05, 3.63) is 63.6 Å². The van der Waals surface area contributed by atoms with Crippen molar-refractivity contribution in [2.24, 2.45) is 0 Å². The molecule has 0 aromatic heterocycles. The Morgan fingerprint density at radius 3 is 2.33 bits per heavy atom. The summed E-state index contributed by atoms with van der Waals surface area (Å²) in [4.78, 5) is 23.5. The van der Waals surface area contributed by atoms with Gasteiger partial charge in [0.2, 0.25) is 5.91 Å². The molecule has 0 aliphatic rings. The summed E-state index contributed by atoms with van der Waals surface area (Å²) in [7, 11) is 0. The predicted molar refractivity (Wildman–Crippen MR) is 96.5 cm³/mol. The zero-order chi connectivity index (χ0) is 17.5.